The first-order chi connectivity index (χ1) is 9.11. The topological polar surface area (TPSA) is 52.0 Å². The number of rotatable bonds is 5. The van der Waals surface area contributed by atoms with Crippen LogP contribution in [0.1, 0.15) is 22.8 Å². The highest BCUT2D eigenvalue weighted by Gasteiger charge is 2.10. The average molecular weight is 260 g/mol. The van der Waals surface area contributed by atoms with E-state index in [-0.39, 0.29) is 0 Å². The second kappa shape index (κ2) is 5.84. The summed E-state index contributed by atoms with van der Waals surface area (Å²) in [6, 6.07) is 5.97. The van der Waals surface area contributed by atoms with E-state index in [2.05, 4.69) is 15.4 Å². The van der Waals surface area contributed by atoms with Crippen LogP contribution in [0.4, 0.5) is 0 Å². The van der Waals surface area contributed by atoms with E-state index in [1.165, 1.54) is 0 Å². The van der Waals surface area contributed by atoms with Crippen molar-refractivity contribution in [3.8, 4) is 5.75 Å². The van der Waals surface area contributed by atoms with Gasteiger partial charge in [0.25, 0.3) is 0 Å². The summed E-state index contributed by atoms with van der Waals surface area (Å²) in [7, 11) is 3.83. The van der Waals surface area contributed by atoms with E-state index in [0.717, 1.165) is 35.1 Å². The monoisotopic (exact) mass is 260 g/mol. The molecule has 2 aromatic heterocycles. The van der Waals surface area contributed by atoms with Gasteiger partial charge in [-0.25, -0.2) is 0 Å². The van der Waals surface area contributed by atoms with Crippen LogP contribution in [0.5, 0.6) is 5.75 Å². The van der Waals surface area contributed by atoms with E-state index in [4.69, 9.17) is 4.74 Å². The molecule has 0 fully saturated rings. The lowest BCUT2D eigenvalue weighted by atomic mass is 10.3. The van der Waals surface area contributed by atoms with E-state index in [9.17, 15) is 0 Å². The number of ether oxygens (including phenoxy) is 1. The first-order valence-corrected chi connectivity index (χ1v) is 6.34. The number of hydrogen-bond acceptors (Lipinski definition) is 4. The van der Waals surface area contributed by atoms with Crippen LogP contribution in [0.3, 0.4) is 0 Å². The number of pyridine rings is 1. The van der Waals surface area contributed by atoms with Gasteiger partial charge in [-0.2, -0.15) is 5.10 Å². The molecule has 1 N–H and O–H groups in total. The number of aryl methyl sites for hydroxylation is 2. The van der Waals surface area contributed by atoms with Crippen LogP contribution in [0.2, 0.25) is 0 Å². The highest BCUT2D eigenvalue weighted by atomic mass is 16.5. The SMILES string of the molecule is CNCc1cccc(COc2c(C)nn(C)c2C)n1. The van der Waals surface area contributed by atoms with Crippen LogP contribution >= 0.6 is 0 Å². The Bertz CT molecular complexity index is 563. The van der Waals surface area contributed by atoms with Crippen molar-refractivity contribution in [2.24, 2.45) is 7.05 Å². The number of hydrogen-bond donors (Lipinski definition) is 1. The van der Waals surface area contributed by atoms with Crippen molar-refractivity contribution in [3.63, 3.8) is 0 Å². The minimum absolute atomic E-state index is 0.463. The maximum atomic E-state index is 5.84. The highest BCUT2D eigenvalue weighted by molar-refractivity contribution is 5.31. The molecule has 2 rings (SSSR count). The number of nitrogens with zero attached hydrogens (tertiary/aromatic N) is 3. The first kappa shape index (κ1) is 13.5. The van der Waals surface area contributed by atoms with Crippen LogP contribution in [0.25, 0.3) is 0 Å². The Morgan fingerprint density at radius 2 is 2.00 bits per heavy atom. The maximum Gasteiger partial charge on any atom is 0.163 e. The lowest BCUT2D eigenvalue weighted by Gasteiger charge is -2.07. The third kappa shape index (κ3) is 3.12. The average Bonchev–Trinajstić information content (AvgIpc) is 2.62. The standard InChI is InChI=1S/C14H20N4O/c1-10-14(11(2)18(4)17-10)19-9-13-7-5-6-12(16-13)8-15-3/h5-7,15H,8-9H2,1-4H3. The summed E-state index contributed by atoms with van der Waals surface area (Å²) >= 11 is 0. The molecule has 0 radical (unpaired) electrons. The van der Waals surface area contributed by atoms with E-state index in [1.54, 1.807) is 0 Å². The molecule has 0 unspecified atom stereocenters. The van der Waals surface area contributed by atoms with Gasteiger partial charge in [0.15, 0.2) is 5.75 Å². The van der Waals surface area contributed by atoms with Crippen molar-refractivity contribution in [1.82, 2.24) is 20.1 Å². The molecule has 19 heavy (non-hydrogen) atoms. The van der Waals surface area contributed by atoms with E-state index < -0.39 is 0 Å². The Morgan fingerprint density at radius 3 is 2.63 bits per heavy atom. The molecule has 0 amide bonds. The summed E-state index contributed by atoms with van der Waals surface area (Å²) in [5.74, 6) is 0.850. The molecular weight excluding hydrogens is 240 g/mol. The lowest BCUT2D eigenvalue weighted by Crippen LogP contribution is -2.08. The summed E-state index contributed by atoms with van der Waals surface area (Å²) in [4.78, 5) is 4.53. The molecule has 0 aliphatic rings. The van der Waals surface area contributed by atoms with Gasteiger partial charge in [0.1, 0.15) is 12.3 Å². The molecule has 0 spiro atoms. The molecule has 0 aliphatic carbocycles. The van der Waals surface area contributed by atoms with E-state index >= 15 is 0 Å². The smallest absolute Gasteiger partial charge is 0.163 e. The molecule has 0 saturated carbocycles. The second-order valence-corrected chi connectivity index (χ2v) is 4.56. The second-order valence-electron chi connectivity index (χ2n) is 4.56. The Balaban J connectivity index is 2.08. The fourth-order valence-corrected chi connectivity index (χ4v) is 2.00. The van der Waals surface area contributed by atoms with Crippen molar-refractivity contribution >= 4 is 0 Å². The molecule has 0 atom stereocenters. The normalized spacial score (nSPS) is 10.7. The zero-order valence-electron chi connectivity index (χ0n) is 11.9. The highest BCUT2D eigenvalue weighted by Crippen LogP contribution is 2.22. The molecule has 5 heteroatoms. The molecule has 0 aromatic carbocycles. The summed E-state index contributed by atoms with van der Waals surface area (Å²) in [5, 5.41) is 7.42. The molecule has 0 saturated heterocycles. The van der Waals surface area contributed by atoms with Crippen LogP contribution in [-0.4, -0.2) is 21.8 Å². The Kier molecular flexibility index (Phi) is 4.16. The summed E-state index contributed by atoms with van der Waals surface area (Å²) < 4.78 is 7.67. The molecule has 0 bridgehead atoms. The molecule has 2 heterocycles. The van der Waals surface area contributed by atoms with Crippen LogP contribution in [-0.2, 0) is 20.2 Å². The minimum atomic E-state index is 0.463. The fraction of sp³-hybridized carbons (Fsp3) is 0.429. The van der Waals surface area contributed by atoms with Gasteiger partial charge < -0.3 is 10.1 Å². The summed E-state index contributed by atoms with van der Waals surface area (Å²) in [6.45, 7) is 5.18. The van der Waals surface area contributed by atoms with Gasteiger partial charge in [-0.1, -0.05) is 6.07 Å². The number of aromatic nitrogens is 3. The van der Waals surface area contributed by atoms with Gasteiger partial charge in [0, 0.05) is 13.6 Å². The molecular formula is C14H20N4O. The zero-order valence-corrected chi connectivity index (χ0v) is 11.9. The van der Waals surface area contributed by atoms with Crippen molar-refractivity contribution < 1.29 is 4.74 Å². The molecule has 0 aliphatic heterocycles. The van der Waals surface area contributed by atoms with Gasteiger partial charge in [-0.05, 0) is 33.0 Å². The number of nitrogens with one attached hydrogen (secondary N) is 1. The van der Waals surface area contributed by atoms with Crippen LogP contribution in [0, 0.1) is 13.8 Å². The lowest BCUT2D eigenvalue weighted by molar-refractivity contribution is 0.296. The zero-order chi connectivity index (χ0) is 13.8. The first-order valence-electron chi connectivity index (χ1n) is 6.34. The van der Waals surface area contributed by atoms with E-state index in [0.29, 0.717) is 6.61 Å². The maximum absolute atomic E-state index is 5.84. The van der Waals surface area contributed by atoms with E-state index in [1.807, 2.05) is 50.8 Å². The van der Waals surface area contributed by atoms with Gasteiger partial charge in [0.2, 0.25) is 0 Å². The van der Waals surface area contributed by atoms with Crippen molar-refractivity contribution in [3.05, 3.63) is 41.0 Å². The van der Waals surface area contributed by atoms with Crippen LogP contribution < -0.4 is 10.1 Å². The van der Waals surface area contributed by atoms with Crippen molar-refractivity contribution in [2.45, 2.75) is 27.0 Å². The minimum Gasteiger partial charge on any atom is -0.483 e. The van der Waals surface area contributed by atoms with Gasteiger partial charge in [0.05, 0.1) is 17.1 Å². The fourth-order valence-electron chi connectivity index (χ4n) is 2.00. The third-order valence-electron chi connectivity index (χ3n) is 3.03. The van der Waals surface area contributed by atoms with Gasteiger partial charge in [-0.15, -0.1) is 0 Å². The Hall–Kier alpha value is -1.88. The molecule has 2 aromatic rings. The summed E-state index contributed by atoms with van der Waals surface area (Å²) in [6.07, 6.45) is 0. The van der Waals surface area contributed by atoms with Crippen molar-refractivity contribution in [1.29, 1.82) is 0 Å². The summed E-state index contributed by atoms with van der Waals surface area (Å²) in [5.41, 5.74) is 3.88. The van der Waals surface area contributed by atoms with Gasteiger partial charge >= 0.3 is 0 Å². The van der Waals surface area contributed by atoms with Crippen LogP contribution in [0.15, 0.2) is 18.2 Å². The Labute approximate surface area is 113 Å². The third-order valence-corrected chi connectivity index (χ3v) is 3.03. The predicted molar refractivity (Wildman–Crippen MR) is 74.0 cm³/mol. The molecule has 102 valence electrons. The largest absolute Gasteiger partial charge is 0.483 e. The predicted octanol–water partition coefficient (Wildman–Crippen LogP) is 1.73. The van der Waals surface area contributed by atoms with Crippen molar-refractivity contribution in [2.75, 3.05) is 7.05 Å². The quantitative estimate of drug-likeness (QED) is 0.889. The van der Waals surface area contributed by atoms with Gasteiger partial charge in [-0.3, -0.25) is 9.67 Å². The Morgan fingerprint density at radius 1 is 1.26 bits per heavy atom. The molecule has 5 nitrogen and oxygen atoms in total.